The van der Waals surface area contributed by atoms with Crippen molar-refractivity contribution in [3.05, 3.63) is 59.2 Å². The standard InChI is InChI=1S/C36H51NO4S/c1-26-11-9-10-16-31(26)33-23-29(17-18-32(33)35(38)37-34(36(39)40)19-20-42-2)24-41-25-30(21-27-12-5-3-6-13-27)22-28-14-7-4-8-15-28/h9-11,16-18,23,27-28,30,34H,3-8,12-15,19-22,24-25H2,1-2H3,(H,37,38)(H,39,40)/t34-/m0/s1. The van der Waals surface area contributed by atoms with Gasteiger partial charge in [-0.1, -0.05) is 94.5 Å². The minimum absolute atomic E-state index is 0.353. The molecule has 2 saturated carbocycles. The molecular formula is C36H51NO4S. The van der Waals surface area contributed by atoms with E-state index in [1.807, 2.05) is 49.6 Å². The van der Waals surface area contributed by atoms with Crippen LogP contribution in [0.3, 0.4) is 0 Å². The second kappa shape index (κ2) is 17.1. The van der Waals surface area contributed by atoms with Crippen LogP contribution in [0, 0.1) is 24.7 Å². The van der Waals surface area contributed by atoms with E-state index >= 15 is 0 Å². The van der Waals surface area contributed by atoms with Gasteiger partial charge in [0.1, 0.15) is 6.04 Å². The summed E-state index contributed by atoms with van der Waals surface area (Å²) in [7, 11) is 0. The Labute approximate surface area is 257 Å². The van der Waals surface area contributed by atoms with Gasteiger partial charge >= 0.3 is 5.97 Å². The van der Waals surface area contributed by atoms with Crippen molar-refractivity contribution in [3.8, 4) is 11.1 Å². The molecule has 0 radical (unpaired) electrons. The number of carboxylic acid groups (broad SMARTS) is 1. The molecule has 2 aromatic carbocycles. The van der Waals surface area contributed by atoms with Crippen molar-refractivity contribution in [2.75, 3.05) is 18.6 Å². The Kier molecular flexibility index (Phi) is 13.3. The van der Waals surface area contributed by atoms with Crippen molar-refractivity contribution >= 4 is 23.6 Å². The van der Waals surface area contributed by atoms with Crippen molar-refractivity contribution in [1.82, 2.24) is 5.32 Å². The van der Waals surface area contributed by atoms with E-state index in [0.29, 0.717) is 30.3 Å². The van der Waals surface area contributed by atoms with E-state index in [4.69, 9.17) is 4.74 Å². The highest BCUT2D eigenvalue weighted by Gasteiger charge is 2.25. The molecule has 0 spiro atoms. The molecule has 0 heterocycles. The zero-order valence-electron chi connectivity index (χ0n) is 25.7. The van der Waals surface area contributed by atoms with Gasteiger partial charge in [-0.15, -0.1) is 0 Å². The molecule has 2 aliphatic rings. The van der Waals surface area contributed by atoms with Gasteiger partial charge in [0, 0.05) is 12.2 Å². The molecular weight excluding hydrogens is 542 g/mol. The maximum Gasteiger partial charge on any atom is 0.326 e. The number of ether oxygens (including phenoxy) is 1. The molecule has 0 aliphatic heterocycles. The lowest BCUT2D eigenvalue weighted by molar-refractivity contribution is -0.139. The molecule has 1 atom stereocenters. The van der Waals surface area contributed by atoms with Crippen LogP contribution >= 0.6 is 11.8 Å². The van der Waals surface area contributed by atoms with Crippen LogP contribution in [-0.2, 0) is 16.1 Å². The Morgan fingerprint density at radius 2 is 1.57 bits per heavy atom. The third-order valence-electron chi connectivity index (χ3n) is 9.38. The van der Waals surface area contributed by atoms with Crippen LogP contribution in [0.4, 0.5) is 0 Å². The van der Waals surface area contributed by atoms with E-state index in [2.05, 4.69) is 11.4 Å². The zero-order valence-corrected chi connectivity index (χ0v) is 26.6. The van der Waals surface area contributed by atoms with Gasteiger partial charge in [0.05, 0.1) is 6.61 Å². The van der Waals surface area contributed by atoms with Crippen molar-refractivity contribution in [1.29, 1.82) is 0 Å². The maximum atomic E-state index is 13.4. The number of benzene rings is 2. The highest BCUT2D eigenvalue weighted by Crippen LogP contribution is 2.35. The zero-order chi connectivity index (χ0) is 29.7. The van der Waals surface area contributed by atoms with Crippen LogP contribution in [0.2, 0.25) is 0 Å². The fraction of sp³-hybridized carbons (Fsp3) is 0.611. The summed E-state index contributed by atoms with van der Waals surface area (Å²) in [5, 5.41) is 12.4. The summed E-state index contributed by atoms with van der Waals surface area (Å²) in [6, 6.07) is 13.0. The van der Waals surface area contributed by atoms with Gasteiger partial charge in [-0.25, -0.2) is 4.79 Å². The molecule has 6 heteroatoms. The summed E-state index contributed by atoms with van der Waals surface area (Å²) in [6.45, 7) is 3.35. The number of carbonyl (C=O) groups excluding carboxylic acids is 1. The number of hydrogen-bond acceptors (Lipinski definition) is 4. The lowest BCUT2D eigenvalue weighted by Crippen LogP contribution is -2.41. The van der Waals surface area contributed by atoms with Crippen molar-refractivity contribution in [2.45, 2.75) is 103 Å². The first-order valence-electron chi connectivity index (χ1n) is 16.2. The van der Waals surface area contributed by atoms with Gasteiger partial charge < -0.3 is 15.2 Å². The molecule has 42 heavy (non-hydrogen) atoms. The number of thioether (sulfide) groups is 1. The normalized spacial score (nSPS) is 17.3. The van der Waals surface area contributed by atoms with Crippen LogP contribution in [0.5, 0.6) is 0 Å². The number of amides is 1. The Bertz CT molecular complexity index is 1120. The predicted molar refractivity (Wildman–Crippen MR) is 174 cm³/mol. The minimum Gasteiger partial charge on any atom is -0.480 e. The van der Waals surface area contributed by atoms with E-state index in [0.717, 1.165) is 40.7 Å². The van der Waals surface area contributed by atoms with Gasteiger partial charge in [0.2, 0.25) is 0 Å². The largest absolute Gasteiger partial charge is 0.480 e. The molecule has 0 unspecified atom stereocenters. The topological polar surface area (TPSA) is 75.6 Å². The van der Waals surface area contributed by atoms with Gasteiger partial charge in [-0.2, -0.15) is 11.8 Å². The monoisotopic (exact) mass is 593 g/mol. The van der Waals surface area contributed by atoms with Crippen LogP contribution < -0.4 is 5.32 Å². The number of aliphatic carboxylic acids is 1. The number of carboxylic acids is 1. The molecule has 0 saturated heterocycles. The molecule has 2 aliphatic carbocycles. The molecule has 2 fully saturated rings. The summed E-state index contributed by atoms with van der Waals surface area (Å²) in [4.78, 5) is 25.2. The average Bonchev–Trinajstić information content (AvgIpc) is 3.00. The predicted octanol–water partition coefficient (Wildman–Crippen LogP) is 8.67. The Morgan fingerprint density at radius 1 is 0.929 bits per heavy atom. The van der Waals surface area contributed by atoms with E-state index < -0.39 is 12.0 Å². The summed E-state index contributed by atoms with van der Waals surface area (Å²) in [6.07, 6.45) is 18.8. The van der Waals surface area contributed by atoms with Crippen LogP contribution in [0.15, 0.2) is 42.5 Å². The van der Waals surface area contributed by atoms with Crippen molar-refractivity contribution in [2.24, 2.45) is 17.8 Å². The van der Waals surface area contributed by atoms with Crippen LogP contribution in [0.1, 0.15) is 105 Å². The lowest BCUT2D eigenvalue weighted by atomic mass is 9.77. The van der Waals surface area contributed by atoms with Crippen LogP contribution in [-0.4, -0.2) is 41.6 Å². The third-order valence-corrected chi connectivity index (χ3v) is 10.0. The van der Waals surface area contributed by atoms with Gasteiger partial charge in [-0.3, -0.25) is 4.79 Å². The minimum atomic E-state index is -1.00. The Hall–Kier alpha value is -2.31. The second-order valence-electron chi connectivity index (χ2n) is 12.7. The molecule has 1 amide bonds. The van der Waals surface area contributed by atoms with E-state index in [9.17, 15) is 14.7 Å². The summed E-state index contributed by atoms with van der Waals surface area (Å²) >= 11 is 1.57. The number of hydrogen-bond donors (Lipinski definition) is 2. The highest BCUT2D eigenvalue weighted by atomic mass is 32.2. The smallest absolute Gasteiger partial charge is 0.326 e. The molecule has 2 aromatic rings. The number of carbonyl (C=O) groups is 2. The van der Waals surface area contributed by atoms with Crippen LogP contribution in [0.25, 0.3) is 11.1 Å². The molecule has 4 rings (SSSR count). The fourth-order valence-electron chi connectivity index (χ4n) is 7.07. The van der Waals surface area contributed by atoms with Crippen molar-refractivity contribution in [3.63, 3.8) is 0 Å². The summed E-state index contributed by atoms with van der Waals surface area (Å²) in [5.41, 5.74) is 4.41. The van der Waals surface area contributed by atoms with E-state index in [1.165, 1.54) is 77.0 Å². The quantitative estimate of drug-likeness (QED) is 0.216. The Balaban J connectivity index is 1.47. The first-order chi connectivity index (χ1) is 20.4. The number of nitrogens with one attached hydrogen (secondary N) is 1. The van der Waals surface area contributed by atoms with E-state index in [1.54, 1.807) is 11.8 Å². The molecule has 5 nitrogen and oxygen atoms in total. The van der Waals surface area contributed by atoms with Crippen molar-refractivity contribution < 1.29 is 19.4 Å². The molecule has 0 bridgehead atoms. The highest BCUT2D eigenvalue weighted by molar-refractivity contribution is 7.98. The first-order valence-corrected chi connectivity index (χ1v) is 17.6. The molecule has 230 valence electrons. The molecule has 2 N–H and O–H groups in total. The third kappa shape index (κ3) is 9.87. The number of rotatable bonds is 15. The Morgan fingerprint density at radius 3 is 2.17 bits per heavy atom. The van der Waals surface area contributed by atoms with Gasteiger partial charge in [0.15, 0.2) is 0 Å². The SMILES string of the molecule is CSCC[C@H](NC(=O)c1ccc(COCC(CC2CCCCC2)CC2CCCCC2)cc1-c1ccccc1C)C(=O)O. The maximum absolute atomic E-state index is 13.4. The summed E-state index contributed by atoms with van der Waals surface area (Å²) < 4.78 is 6.45. The second-order valence-corrected chi connectivity index (χ2v) is 13.7. The molecule has 0 aromatic heterocycles. The summed E-state index contributed by atoms with van der Waals surface area (Å²) in [5.74, 6) is 1.64. The fourth-order valence-corrected chi connectivity index (χ4v) is 7.54. The van der Waals surface area contributed by atoms with Gasteiger partial charge in [0.25, 0.3) is 5.91 Å². The lowest BCUT2D eigenvalue weighted by Gasteiger charge is -2.30. The first kappa shape index (κ1) is 32.6. The van der Waals surface area contributed by atoms with Gasteiger partial charge in [-0.05, 0) is 90.3 Å². The number of aryl methyl sites for hydroxylation is 1. The average molecular weight is 594 g/mol. The van der Waals surface area contributed by atoms with E-state index in [-0.39, 0.29) is 5.91 Å².